The second-order valence-corrected chi connectivity index (χ2v) is 5.73. The number of halogens is 2. The van der Waals surface area contributed by atoms with Gasteiger partial charge in [0.15, 0.2) is 11.5 Å². The van der Waals surface area contributed by atoms with Crippen molar-refractivity contribution in [2.75, 3.05) is 77.8 Å². The van der Waals surface area contributed by atoms with E-state index < -0.39 is 0 Å². The summed E-state index contributed by atoms with van der Waals surface area (Å²) in [6.07, 6.45) is 0. The molecule has 0 aliphatic rings. The van der Waals surface area contributed by atoms with Crippen LogP contribution >= 0.6 is 23.2 Å². The second-order valence-electron chi connectivity index (χ2n) is 4.97. The van der Waals surface area contributed by atoms with Crippen molar-refractivity contribution >= 4 is 23.2 Å². The zero-order chi connectivity index (χ0) is 18.7. The van der Waals surface area contributed by atoms with Gasteiger partial charge in [-0.2, -0.15) is 0 Å². The number of para-hydroxylation sites is 2. The Morgan fingerprint density at radius 1 is 0.500 bits per heavy atom. The zero-order valence-corrected chi connectivity index (χ0v) is 16.5. The highest BCUT2D eigenvalue weighted by molar-refractivity contribution is 6.18. The maximum atomic E-state index is 5.70. The molecule has 0 bridgehead atoms. The predicted octanol–water partition coefficient (Wildman–Crippen LogP) is 2.99. The molecule has 150 valence electrons. The van der Waals surface area contributed by atoms with Crippen molar-refractivity contribution in [1.82, 2.24) is 0 Å². The van der Waals surface area contributed by atoms with Crippen LogP contribution in [-0.2, 0) is 18.9 Å². The fraction of sp³-hybridized carbons (Fsp3) is 0.667. The molecule has 0 amide bonds. The third-order valence-electron chi connectivity index (χ3n) is 3.01. The number of hydrogen-bond acceptors (Lipinski definition) is 6. The van der Waals surface area contributed by atoms with Gasteiger partial charge in [0.25, 0.3) is 0 Å². The lowest BCUT2D eigenvalue weighted by Crippen LogP contribution is -2.13. The first kappa shape index (κ1) is 23.3. The van der Waals surface area contributed by atoms with E-state index in [4.69, 9.17) is 51.6 Å². The van der Waals surface area contributed by atoms with E-state index in [1.54, 1.807) is 0 Å². The summed E-state index contributed by atoms with van der Waals surface area (Å²) < 4.78 is 32.7. The molecule has 0 saturated heterocycles. The van der Waals surface area contributed by atoms with Crippen molar-refractivity contribution in [2.24, 2.45) is 0 Å². The van der Waals surface area contributed by atoms with Crippen LogP contribution in [0.3, 0.4) is 0 Å². The second kappa shape index (κ2) is 17.6. The van der Waals surface area contributed by atoms with Gasteiger partial charge in [0, 0.05) is 11.8 Å². The van der Waals surface area contributed by atoms with Gasteiger partial charge in [-0.25, -0.2) is 0 Å². The van der Waals surface area contributed by atoms with Crippen molar-refractivity contribution in [3.05, 3.63) is 24.3 Å². The summed E-state index contributed by atoms with van der Waals surface area (Å²) >= 11 is 11.0. The van der Waals surface area contributed by atoms with E-state index >= 15 is 0 Å². The van der Waals surface area contributed by atoms with E-state index in [1.807, 2.05) is 24.3 Å². The highest BCUT2D eigenvalue weighted by Gasteiger charge is 2.04. The molecule has 1 aromatic carbocycles. The van der Waals surface area contributed by atoms with Gasteiger partial charge in [0.05, 0.1) is 52.9 Å². The number of benzene rings is 1. The van der Waals surface area contributed by atoms with E-state index in [2.05, 4.69) is 0 Å². The molecule has 0 atom stereocenters. The summed E-state index contributed by atoms with van der Waals surface area (Å²) in [5.74, 6) is 2.35. The molecule has 8 heteroatoms. The van der Waals surface area contributed by atoms with Crippen molar-refractivity contribution in [3.8, 4) is 11.5 Å². The molecule has 0 saturated carbocycles. The van der Waals surface area contributed by atoms with Crippen LogP contribution in [0, 0.1) is 0 Å². The molecule has 1 aromatic rings. The van der Waals surface area contributed by atoms with Gasteiger partial charge in [0.1, 0.15) is 13.2 Å². The Bertz CT molecular complexity index is 397. The zero-order valence-electron chi connectivity index (χ0n) is 15.0. The van der Waals surface area contributed by atoms with Crippen molar-refractivity contribution in [2.45, 2.75) is 0 Å². The predicted molar refractivity (Wildman–Crippen MR) is 102 cm³/mol. The van der Waals surface area contributed by atoms with Gasteiger partial charge < -0.3 is 28.4 Å². The van der Waals surface area contributed by atoms with Crippen LogP contribution in [0.5, 0.6) is 11.5 Å². The third-order valence-corrected chi connectivity index (χ3v) is 3.32. The first-order valence-electron chi connectivity index (χ1n) is 8.66. The van der Waals surface area contributed by atoms with Crippen molar-refractivity contribution in [3.63, 3.8) is 0 Å². The fourth-order valence-corrected chi connectivity index (χ4v) is 2.08. The average Bonchev–Trinajstić information content (AvgIpc) is 2.67. The van der Waals surface area contributed by atoms with E-state index in [1.165, 1.54) is 0 Å². The minimum atomic E-state index is 0.435. The Labute approximate surface area is 165 Å². The first-order valence-corrected chi connectivity index (χ1v) is 9.73. The standard InChI is InChI=1S/C18H28Cl2O6/c19-5-7-21-9-11-23-13-15-25-17-3-1-2-4-18(17)26-16-14-24-12-10-22-8-6-20/h1-4H,5-16H2. The molecule has 26 heavy (non-hydrogen) atoms. The Balaban J connectivity index is 2.10. The van der Waals surface area contributed by atoms with Gasteiger partial charge in [0.2, 0.25) is 0 Å². The van der Waals surface area contributed by atoms with Gasteiger partial charge >= 0.3 is 0 Å². The summed E-state index contributed by atoms with van der Waals surface area (Å²) in [5, 5.41) is 0. The van der Waals surface area contributed by atoms with Crippen LogP contribution in [-0.4, -0.2) is 77.8 Å². The van der Waals surface area contributed by atoms with Crippen LogP contribution in [0.4, 0.5) is 0 Å². The van der Waals surface area contributed by atoms with Crippen LogP contribution in [0.15, 0.2) is 24.3 Å². The molecule has 0 radical (unpaired) electrons. The molecule has 0 heterocycles. The van der Waals surface area contributed by atoms with Crippen molar-refractivity contribution < 1.29 is 28.4 Å². The van der Waals surface area contributed by atoms with Crippen molar-refractivity contribution in [1.29, 1.82) is 0 Å². The molecule has 0 N–H and O–H groups in total. The molecule has 0 aliphatic heterocycles. The number of ether oxygens (including phenoxy) is 6. The molecule has 1 rings (SSSR count). The van der Waals surface area contributed by atoms with Crippen LogP contribution < -0.4 is 9.47 Å². The normalized spacial score (nSPS) is 10.8. The maximum Gasteiger partial charge on any atom is 0.161 e. The highest BCUT2D eigenvalue weighted by atomic mass is 35.5. The highest BCUT2D eigenvalue weighted by Crippen LogP contribution is 2.26. The quantitative estimate of drug-likeness (QED) is 0.274. The lowest BCUT2D eigenvalue weighted by Gasteiger charge is -2.13. The summed E-state index contributed by atoms with van der Waals surface area (Å²) in [4.78, 5) is 0. The summed E-state index contributed by atoms with van der Waals surface area (Å²) in [6.45, 7) is 5.00. The number of alkyl halides is 2. The van der Waals surface area contributed by atoms with Crippen LogP contribution in [0.25, 0.3) is 0 Å². The fourth-order valence-electron chi connectivity index (χ4n) is 1.86. The average molecular weight is 411 g/mol. The Morgan fingerprint density at radius 3 is 1.23 bits per heavy atom. The van der Waals surface area contributed by atoms with Gasteiger partial charge in [-0.1, -0.05) is 12.1 Å². The molecule has 0 unspecified atom stereocenters. The minimum Gasteiger partial charge on any atom is -0.487 e. The largest absolute Gasteiger partial charge is 0.487 e. The topological polar surface area (TPSA) is 55.4 Å². The minimum absolute atomic E-state index is 0.435. The van der Waals surface area contributed by atoms with E-state index in [0.29, 0.717) is 89.3 Å². The molecule has 0 aliphatic carbocycles. The lowest BCUT2D eigenvalue weighted by molar-refractivity contribution is 0.0375. The van der Waals surface area contributed by atoms with E-state index in [0.717, 1.165) is 0 Å². The molecular weight excluding hydrogens is 383 g/mol. The van der Waals surface area contributed by atoms with E-state index in [9.17, 15) is 0 Å². The van der Waals surface area contributed by atoms with Crippen LogP contribution in [0.1, 0.15) is 0 Å². The SMILES string of the molecule is ClCCOCCOCCOc1ccccc1OCCOCCOCCCl. The molecule has 0 fully saturated rings. The number of rotatable bonds is 18. The molecule has 0 spiro atoms. The Morgan fingerprint density at radius 2 is 0.846 bits per heavy atom. The monoisotopic (exact) mass is 410 g/mol. The lowest BCUT2D eigenvalue weighted by atomic mass is 10.3. The van der Waals surface area contributed by atoms with E-state index in [-0.39, 0.29) is 0 Å². The molecule has 6 nitrogen and oxygen atoms in total. The molecule has 0 aromatic heterocycles. The van der Waals surface area contributed by atoms with Gasteiger partial charge in [-0.3, -0.25) is 0 Å². The third kappa shape index (κ3) is 12.6. The number of hydrogen-bond donors (Lipinski definition) is 0. The van der Waals surface area contributed by atoms with Crippen LogP contribution in [0.2, 0.25) is 0 Å². The Kier molecular flexibility index (Phi) is 15.8. The smallest absolute Gasteiger partial charge is 0.161 e. The summed E-state index contributed by atoms with van der Waals surface area (Å²) in [7, 11) is 0. The van der Waals surface area contributed by atoms with Gasteiger partial charge in [-0.05, 0) is 12.1 Å². The first-order chi connectivity index (χ1) is 12.9. The molecular formula is C18H28Cl2O6. The summed E-state index contributed by atoms with van der Waals surface area (Å²) in [6, 6.07) is 7.51. The Hall–Kier alpha value is -0.760. The maximum absolute atomic E-state index is 5.70. The summed E-state index contributed by atoms with van der Waals surface area (Å²) in [5.41, 5.74) is 0. The van der Waals surface area contributed by atoms with Gasteiger partial charge in [-0.15, -0.1) is 23.2 Å².